The van der Waals surface area contributed by atoms with E-state index in [1.807, 2.05) is 0 Å². The van der Waals surface area contributed by atoms with Crippen LogP contribution in [0.3, 0.4) is 0 Å². The zero-order valence-electron chi connectivity index (χ0n) is 18.2. The van der Waals surface area contributed by atoms with Gasteiger partial charge in [0.15, 0.2) is 0 Å². The molecule has 0 aliphatic heterocycles. The van der Waals surface area contributed by atoms with Gasteiger partial charge in [0.2, 0.25) is 0 Å². The summed E-state index contributed by atoms with van der Waals surface area (Å²) >= 11 is 0. The minimum atomic E-state index is -1.33. The Morgan fingerprint density at radius 3 is 0.840 bits per heavy atom. The number of allylic oxidation sites excluding steroid dienone is 8. The summed E-state index contributed by atoms with van der Waals surface area (Å²) in [4.78, 5) is 0. The first kappa shape index (κ1) is 24.4. The fourth-order valence-corrected chi connectivity index (χ4v) is 10.3. The van der Waals surface area contributed by atoms with Crippen molar-refractivity contribution in [1.29, 1.82) is 0 Å². The third kappa shape index (κ3) is 6.90. The molecule has 1 heteroatoms. The van der Waals surface area contributed by atoms with Crippen LogP contribution in [0.25, 0.3) is 0 Å². The van der Waals surface area contributed by atoms with E-state index in [1.54, 1.807) is 0 Å². The quantitative estimate of drug-likeness (QED) is 0.241. The minimum absolute atomic E-state index is 0.636. The highest BCUT2D eigenvalue weighted by molar-refractivity contribution is 7.79. The topological polar surface area (TPSA) is 0 Å². The van der Waals surface area contributed by atoms with Gasteiger partial charge in [-0.2, -0.15) is 0 Å². The van der Waals surface area contributed by atoms with Gasteiger partial charge in [0, 0.05) is 7.26 Å². The number of rotatable bonds is 12. The molecule has 0 saturated carbocycles. The Morgan fingerprint density at radius 1 is 0.480 bits per heavy atom. The lowest BCUT2D eigenvalue weighted by atomic mass is 10.3. The van der Waals surface area contributed by atoms with Crippen molar-refractivity contribution >= 4 is 7.26 Å². The van der Waals surface area contributed by atoms with Gasteiger partial charge in [-0.1, -0.05) is 52.0 Å². The molecule has 0 aromatic rings. The second-order valence-corrected chi connectivity index (χ2v) is 12.2. The molecule has 0 aromatic carbocycles. The highest BCUT2D eigenvalue weighted by Gasteiger charge is 2.53. The molecule has 0 aromatic heterocycles. The summed E-state index contributed by atoms with van der Waals surface area (Å²) in [5.41, 5.74) is 2.54. The van der Waals surface area contributed by atoms with Crippen molar-refractivity contribution in [2.24, 2.45) is 0 Å². The van der Waals surface area contributed by atoms with Crippen LogP contribution in [-0.2, 0) is 0 Å². The standard InChI is InChI=1S/C24H44P/c1-9-13-17-21(5)25(22(6)18-14-10-2,23(7)19-15-11-3)24(8)20-16-12-4/h13-24H,9-12H2,1-8H3/q+1. The molecule has 0 nitrogen and oxygen atoms in total. The summed E-state index contributed by atoms with van der Waals surface area (Å²) in [6, 6.07) is 0. The molecule has 0 saturated heterocycles. The van der Waals surface area contributed by atoms with Crippen molar-refractivity contribution in [3.05, 3.63) is 48.6 Å². The number of hydrogen-bond acceptors (Lipinski definition) is 0. The van der Waals surface area contributed by atoms with Gasteiger partial charge in [-0.3, -0.25) is 0 Å². The molecule has 25 heavy (non-hydrogen) atoms. The van der Waals surface area contributed by atoms with Crippen LogP contribution in [0.5, 0.6) is 0 Å². The third-order valence-corrected chi connectivity index (χ3v) is 11.8. The Morgan fingerprint density at radius 2 is 0.680 bits per heavy atom. The van der Waals surface area contributed by atoms with E-state index in [4.69, 9.17) is 0 Å². The molecule has 0 rings (SSSR count). The summed E-state index contributed by atoms with van der Waals surface area (Å²) in [5.74, 6) is 0. The van der Waals surface area contributed by atoms with Crippen molar-refractivity contribution in [3.63, 3.8) is 0 Å². The first-order valence-corrected chi connectivity index (χ1v) is 12.5. The maximum absolute atomic E-state index is 2.51. The van der Waals surface area contributed by atoms with Gasteiger partial charge in [-0.15, -0.1) is 0 Å². The van der Waals surface area contributed by atoms with Crippen LogP contribution in [0.15, 0.2) is 48.6 Å². The molecule has 0 amide bonds. The van der Waals surface area contributed by atoms with E-state index in [0.717, 1.165) is 25.7 Å². The Hall–Kier alpha value is -0.610. The largest absolute Gasteiger partial charge is 0.0865 e. The van der Waals surface area contributed by atoms with E-state index < -0.39 is 7.26 Å². The van der Waals surface area contributed by atoms with E-state index in [2.05, 4.69) is 104 Å². The first-order chi connectivity index (χ1) is 11.9. The average molecular weight is 364 g/mol. The van der Waals surface area contributed by atoms with E-state index in [9.17, 15) is 0 Å². The molecule has 0 aliphatic carbocycles. The van der Waals surface area contributed by atoms with Gasteiger partial charge in [-0.25, -0.2) is 0 Å². The van der Waals surface area contributed by atoms with E-state index in [1.165, 1.54) is 0 Å². The first-order valence-electron chi connectivity index (χ1n) is 10.5. The SMILES string of the molecule is CCC=CC(C)[P+](C(C)C=CCC)(C(C)C=CCC)C(C)C=CCC. The summed E-state index contributed by atoms with van der Waals surface area (Å²) in [6.45, 7) is 18.9. The summed E-state index contributed by atoms with van der Waals surface area (Å²) in [5, 5.41) is 0. The Bertz CT molecular complexity index is 356. The fourth-order valence-electron chi connectivity index (χ4n) is 4.15. The molecule has 0 bridgehead atoms. The second-order valence-electron chi connectivity index (χ2n) is 7.20. The van der Waals surface area contributed by atoms with Crippen LogP contribution < -0.4 is 0 Å². The predicted octanol–water partition coefficient (Wildman–Crippen LogP) is 8.42. The van der Waals surface area contributed by atoms with Crippen LogP contribution in [0, 0.1) is 0 Å². The van der Waals surface area contributed by atoms with Crippen LogP contribution in [0.4, 0.5) is 0 Å². The lowest BCUT2D eigenvalue weighted by molar-refractivity contribution is 0.960. The number of hydrogen-bond donors (Lipinski definition) is 0. The Balaban J connectivity index is 6.26. The molecule has 0 N–H and O–H groups in total. The van der Waals surface area contributed by atoms with Gasteiger partial charge in [-0.05, 0) is 77.7 Å². The van der Waals surface area contributed by atoms with Crippen LogP contribution in [-0.4, -0.2) is 22.6 Å². The lowest BCUT2D eigenvalue weighted by Crippen LogP contribution is -2.32. The smallest absolute Gasteiger partial charge is 0.0850 e. The maximum Gasteiger partial charge on any atom is 0.0865 e. The highest BCUT2D eigenvalue weighted by atomic mass is 31.2. The Kier molecular flexibility index (Phi) is 13.2. The highest BCUT2D eigenvalue weighted by Crippen LogP contribution is 2.75. The monoisotopic (exact) mass is 363 g/mol. The van der Waals surface area contributed by atoms with Crippen molar-refractivity contribution in [2.75, 3.05) is 0 Å². The van der Waals surface area contributed by atoms with E-state index >= 15 is 0 Å². The maximum atomic E-state index is 2.51. The second kappa shape index (κ2) is 13.6. The predicted molar refractivity (Wildman–Crippen MR) is 122 cm³/mol. The summed E-state index contributed by atoms with van der Waals surface area (Å²) < 4.78 is 0. The Labute approximate surface area is 159 Å². The van der Waals surface area contributed by atoms with Crippen molar-refractivity contribution in [1.82, 2.24) is 0 Å². The van der Waals surface area contributed by atoms with Gasteiger partial charge in [0.25, 0.3) is 0 Å². The van der Waals surface area contributed by atoms with Crippen molar-refractivity contribution < 1.29 is 0 Å². The van der Waals surface area contributed by atoms with Gasteiger partial charge in [0.1, 0.15) is 0 Å². The molecule has 4 atom stereocenters. The molecule has 0 fully saturated rings. The zero-order chi connectivity index (χ0) is 19.3. The average Bonchev–Trinajstić information content (AvgIpc) is 2.61. The normalized spacial score (nSPS) is 20.5. The van der Waals surface area contributed by atoms with E-state index in [-0.39, 0.29) is 0 Å². The van der Waals surface area contributed by atoms with E-state index in [0.29, 0.717) is 22.6 Å². The zero-order valence-corrected chi connectivity index (χ0v) is 19.1. The lowest BCUT2D eigenvalue weighted by Gasteiger charge is -2.42. The van der Waals surface area contributed by atoms with Crippen molar-refractivity contribution in [3.8, 4) is 0 Å². The molecule has 0 aliphatic rings. The summed E-state index contributed by atoms with van der Waals surface area (Å²) in [7, 11) is -1.33. The third-order valence-electron chi connectivity index (χ3n) is 5.42. The van der Waals surface area contributed by atoms with Crippen LogP contribution in [0.1, 0.15) is 81.1 Å². The van der Waals surface area contributed by atoms with Crippen LogP contribution in [0.2, 0.25) is 0 Å². The molecule has 0 spiro atoms. The van der Waals surface area contributed by atoms with Gasteiger partial charge in [0.05, 0.1) is 22.6 Å². The molecule has 0 heterocycles. The van der Waals surface area contributed by atoms with Gasteiger partial charge < -0.3 is 0 Å². The molecule has 144 valence electrons. The molecule has 0 radical (unpaired) electrons. The van der Waals surface area contributed by atoms with Gasteiger partial charge >= 0.3 is 0 Å². The fraction of sp³-hybridized carbons (Fsp3) is 0.667. The van der Waals surface area contributed by atoms with Crippen molar-refractivity contribution in [2.45, 2.75) is 104 Å². The minimum Gasteiger partial charge on any atom is -0.0850 e. The van der Waals surface area contributed by atoms with Crippen LogP contribution >= 0.6 is 7.26 Å². The molecule has 4 unspecified atom stereocenters. The molecular formula is C24H44P+. The summed E-state index contributed by atoms with van der Waals surface area (Å²) in [6.07, 6.45) is 24.1. The molecular weight excluding hydrogens is 319 g/mol.